The van der Waals surface area contributed by atoms with Crippen LogP contribution in [0.4, 0.5) is 0 Å². The van der Waals surface area contributed by atoms with E-state index in [0.717, 1.165) is 11.8 Å². The summed E-state index contributed by atoms with van der Waals surface area (Å²) in [6, 6.07) is 15.0. The second-order valence-corrected chi connectivity index (χ2v) is 10.4. The summed E-state index contributed by atoms with van der Waals surface area (Å²) in [5, 5.41) is 21.2. The van der Waals surface area contributed by atoms with Gasteiger partial charge in [0.2, 0.25) is 0 Å². The number of carboxylic acids is 2. The number of hydrogen-bond donors (Lipinski definition) is 3. The molecule has 13 heteroatoms. The number of aldehydes is 1. The average Bonchev–Trinajstić information content (AvgIpc) is 3.65. The summed E-state index contributed by atoms with van der Waals surface area (Å²) in [5.74, 6) is -0.995. The number of carboxylic acid groups (broad SMARTS) is 2. The van der Waals surface area contributed by atoms with Gasteiger partial charge in [0.15, 0.2) is 12.0 Å². The minimum absolute atomic E-state index is 0.105. The minimum atomic E-state index is -1.05. The molecule has 3 N–H and O–H groups in total. The third kappa shape index (κ3) is 6.69. The highest BCUT2D eigenvalue weighted by Gasteiger charge is 2.23. The van der Waals surface area contributed by atoms with Crippen LogP contribution in [0.3, 0.4) is 0 Å². The second kappa shape index (κ2) is 12.3. The highest BCUT2D eigenvalue weighted by atomic mass is 35.5. The second-order valence-electron chi connectivity index (χ2n) is 7.87. The number of nitrogens with one attached hydrogen (secondary N) is 1. The lowest BCUT2D eigenvalue weighted by Crippen LogP contribution is -2.17. The maximum atomic E-state index is 11.6. The molecular formula is C27H15Cl2NO8S2. The van der Waals surface area contributed by atoms with Crippen molar-refractivity contribution in [1.29, 1.82) is 0 Å². The number of thiocarbonyl (C=S) groups is 1. The molecule has 0 unspecified atom stereocenters. The van der Waals surface area contributed by atoms with Gasteiger partial charge in [-0.25, -0.2) is 9.59 Å². The average molecular weight is 616 g/mol. The molecule has 0 spiro atoms. The van der Waals surface area contributed by atoms with Crippen molar-refractivity contribution in [3.8, 4) is 22.6 Å². The topological polar surface area (TPSA) is 147 Å². The zero-order valence-corrected chi connectivity index (χ0v) is 23.0. The first kappa shape index (κ1) is 28.8. The third-order valence-electron chi connectivity index (χ3n) is 5.24. The smallest absolute Gasteiger partial charge is 0.335 e. The zero-order valence-electron chi connectivity index (χ0n) is 19.8. The molecule has 1 aliphatic heterocycles. The molecule has 0 aliphatic carbocycles. The fourth-order valence-corrected chi connectivity index (χ4v) is 4.83. The number of furan rings is 2. The summed E-state index contributed by atoms with van der Waals surface area (Å²) < 4.78 is 11.2. The lowest BCUT2D eigenvalue weighted by Gasteiger charge is -2.02. The molecule has 1 amide bonds. The van der Waals surface area contributed by atoms with Gasteiger partial charge in [0.05, 0.1) is 26.1 Å². The van der Waals surface area contributed by atoms with E-state index >= 15 is 0 Å². The van der Waals surface area contributed by atoms with E-state index in [-0.39, 0.29) is 22.8 Å². The van der Waals surface area contributed by atoms with Crippen LogP contribution in [0.1, 0.15) is 37.0 Å². The molecule has 0 atom stereocenters. The molecule has 5 rings (SSSR count). The number of amides is 1. The molecule has 4 aromatic rings. The monoisotopic (exact) mass is 615 g/mol. The quantitative estimate of drug-likeness (QED) is 0.119. The Morgan fingerprint density at radius 2 is 1.32 bits per heavy atom. The SMILES string of the molecule is O=C1NC(=S)S/C1=C\c1ccc(-c2cc(C(=O)O)ccc2Cl)o1.O=Cc1ccc(-c2cc(C(=O)O)ccc2Cl)o1. The van der Waals surface area contributed by atoms with Gasteiger partial charge in [0.1, 0.15) is 21.6 Å². The molecule has 1 fully saturated rings. The maximum absolute atomic E-state index is 11.6. The van der Waals surface area contributed by atoms with Crippen molar-refractivity contribution in [1.82, 2.24) is 5.32 Å². The molecule has 202 valence electrons. The van der Waals surface area contributed by atoms with Crippen molar-refractivity contribution < 1.29 is 38.2 Å². The Morgan fingerprint density at radius 1 is 0.825 bits per heavy atom. The Kier molecular flexibility index (Phi) is 8.90. The summed E-state index contributed by atoms with van der Waals surface area (Å²) in [6.07, 6.45) is 2.14. The number of halogens is 2. The van der Waals surface area contributed by atoms with Gasteiger partial charge < -0.3 is 24.4 Å². The van der Waals surface area contributed by atoms with Crippen molar-refractivity contribution in [3.63, 3.8) is 0 Å². The number of hydrogen-bond acceptors (Lipinski definition) is 8. The van der Waals surface area contributed by atoms with E-state index in [1.807, 2.05) is 0 Å². The number of carbonyl (C=O) groups is 4. The molecule has 1 aliphatic rings. The summed E-state index contributed by atoms with van der Waals surface area (Å²) in [5.41, 5.74) is 1.13. The number of rotatable bonds is 6. The van der Waals surface area contributed by atoms with E-state index in [0.29, 0.717) is 54.0 Å². The molecule has 40 heavy (non-hydrogen) atoms. The summed E-state index contributed by atoms with van der Waals surface area (Å²) in [4.78, 5) is 44.4. The van der Waals surface area contributed by atoms with Crippen molar-refractivity contribution in [2.45, 2.75) is 0 Å². The molecule has 1 saturated heterocycles. The highest BCUT2D eigenvalue weighted by Crippen LogP contribution is 2.33. The van der Waals surface area contributed by atoms with E-state index in [9.17, 15) is 19.2 Å². The largest absolute Gasteiger partial charge is 0.478 e. The summed E-state index contributed by atoms with van der Waals surface area (Å²) in [7, 11) is 0. The lowest BCUT2D eigenvalue weighted by molar-refractivity contribution is -0.115. The van der Waals surface area contributed by atoms with Crippen LogP contribution in [0.25, 0.3) is 28.7 Å². The molecule has 2 aromatic heterocycles. The van der Waals surface area contributed by atoms with Gasteiger partial charge in [0.25, 0.3) is 5.91 Å². The van der Waals surface area contributed by atoms with Gasteiger partial charge in [-0.15, -0.1) is 0 Å². The van der Waals surface area contributed by atoms with Crippen LogP contribution < -0.4 is 5.32 Å². The van der Waals surface area contributed by atoms with E-state index in [4.69, 9.17) is 54.5 Å². The Morgan fingerprint density at radius 3 is 1.75 bits per heavy atom. The third-order valence-corrected chi connectivity index (χ3v) is 7.06. The van der Waals surface area contributed by atoms with E-state index in [1.54, 1.807) is 24.3 Å². The first-order valence-corrected chi connectivity index (χ1v) is 13.0. The molecule has 0 radical (unpaired) electrons. The fourth-order valence-electron chi connectivity index (χ4n) is 3.38. The normalized spacial score (nSPS) is 13.5. The van der Waals surface area contributed by atoms with Crippen LogP contribution in [0.15, 0.2) is 74.4 Å². The fraction of sp³-hybridized carbons (Fsp3) is 0. The molecule has 2 aromatic carbocycles. The summed E-state index contributed by atoms with van der Waals surface area (Å²) in [6.45, 7) is 0. The van der Waals surface area contributed by atoms with Gasteiger partial charge >= 0.3 is 11.9 Å². The predicted octanol–water partition coefficient (Wildman–Crippen LogP) is 6.90. The Hall–Kier alpha value is -4.16. The molecule has 0 bridgehead atoms. The number of thioether (sulfide) groups is 1. The number of benzene rings is 2. The first-order valence-electron chi connectivity index (χ1n) is 11.0. The maximum Gasteiger partial charge on any atom is 0.335 e. The van der Waals surface area contributed by atoms with Gasteiger partial charge in [0, 0.05) is 17.2 Å². The van der Waals surface area contributed by atoms with Gasteiger partial charge in [-0.2, -0.15) is 0 Å². The van der Waals surface area contributed by atoms with Crippen LogP contribution in [-0.4, -0.2) is 38.7 Å². The van der Waals surface area contributed by atoms with Crippen molar-refractivity contribution in [2.75, 3.05) is 0 Å². The Labute approximate surface area is 245 Å². The highest BCUT2D eigenvalue weighted by molar-refractivity contribution is 8.26. The van der Waals surface area contributed by atoms with Gasteiger partial charge in [-0.1, -0.05) is 47.2 Å². The minimum Gasteiger partial charge on any atom is -0.478 e. The zero-order chi connectivity index (χ0) is 29.0. The lowest BCUT2D eigenvalue weighted by atomic mass is 10.1. The summed E-state index contributed by atoms with van der Waals surface area (Å²) >= 11 is 18.1. The Bertz CT molecular complexity index is 1710. The first-order chi connectivity index (χ1) is 19.0. The molecule has 9 nitrogen and oxygen atoms in total. The van der Waals surface area contributed by atoms with Crippen LogP contribution in [-0.2, 0) is 4.79 Å². The number of aromatic carboxylic acids is 2. The van der Waals surface area contributed by atoms with Crippen molar-refractivity contribution in [3.05, 3.63) is 98.3 Å². The van der Waals surface area contributed by atoms with Crippen molar-refractivity contribution >= 4 is 81.7 Å². The van der Waals surface area contributed by atoms with E-state index in [2.05, 4.69) is 5.32 Å². The molecular weight excluding hydrogens is 601 g/mol. The number of carbonyl (C=O) groups excluding carboxylic acids is 2. The van der Waals surface area contributed by atoms with Gasteiger partial charge in [-0.05, 0) is 60.7 Å². The molecule has 0 saturated carbocycles. The van der Waals surface area contributed by atoms with Crippen LogP contribution in [0, 0.1) is 0 Å². The Balaban J connectivity index is 0.000000194. The standard InChI is InChI=1S/C15H8ClNO4S2.C12H7ClO4/c16-10-3-1-7(14(19)20)5-9(10)11-4-2-8(21-11)6-12-13(18)17-15(22)23-12;13-10-3-1-7(12(15)16)5-9(10)11-4-2-8(6-14)17-11/h1-6H,(H,19,20)(H,17,18,22);1-6H,(H,15,16)/b12-6-;. The van der Waals surface area contributed by atoms with Crippen molar-refractivity contribution in [2.24, 2.45) is 0 Å². The van der Waals surface area contributed by atoms with Gasteiger partial charge in [-0.3, -0.25) is 9.59 Å². The van der Waals surface area contributed by atoms with Crippen LogP contribution in [0.2, 0.25) is 10.0 Å². The predicted molar refractivity (Wildman–Crippen MR) is 154 cm³/mol. The molecule has 3 heterocycles. The van der Waals surface area contributed by atoms with Crippen LogP contribution >= 0.6 is 47.2 Å². The van der Waals surface area contributed by atoms with E-state index < -0.39 is 11.9 Å². The van der Waals surface area contributed by atoms with Crippen LogP contribution in [0.5, 0.6) is 0 Å². The van der Waals surface area contributed by atoms with E-state index in [1.165, 1.54) is 42.5 Å².